The van der Waals surface area contributed by atoms with Crippen LogP contribution in [0.1, 0.15) is 12.5 Å². The maximum absolute atomic E-state index is 5.39. The molecule has 0 aliphatic carbocycles. The molecular weight excluding hydrogens is 276 g/mol. The van der Waals surface area contributed by atoms with Gasteiger partial charge in [-0.3, -0.25) is 4.90 Å². The first-order valence-corrected chi connectivity index (χ1v) is 11.6. The van der Waals surface area contributed by atoms with E-state index in [2.05, 4.69) is 61.0 Å². The average Bonchev–Trinajstić information content (AvgIpc) is 2.46. The predicted molar refractivity (Wildman–Crippen MR) is 93.0 cm³/mol. The Morgan fingerprint density at radius 3 is 2.33 bits per heavy atom. The lowest BCUT2D eigenvalue weighted by atomic mass is 10.2. The second-order valence-electron chi connectivity index (χ2n) is 7.14. The van der Waals surface area contributed by atoms with Gasteiger partial charge in [-0.15, -0.1) is 0 Å². The molecule has 1 saturated heterocycles. The van der Waals surface area contributed by atoms with Crippen LogP contribution in [0.3, 0.4) is 0 Å². The van der Waals surface area contributed by atoms with Crippen molar-refractivity contribution < 1.29 is 4.74 Å². The summed E-state index contributed by atoms with van der Waals surface area (Å²) in [5.41, 5.74) is 1.38. The van der Waals surface area contributed by atoms with E-state index in [0.29, 0.717) is 6.04 Å². The highest BCUT2D eigenvalue weighted by atomic mass is 28.3. The molecule has 118 valence electrons. The van der Waals surface area contributed by atoms with Gasteiger partial charge in [0.05, 0.1) is 21.3 Å². The molecule has 1 heterocycles. The molecule has 0 spiro atoms. The van der Waals surface area contributed by atoms with E-state index in [1.165, 1.54) is 10.8 Å². The molecule has 0 amide bonds. The van der Waals surface area contributed by atoms with Crippen molar-refractivity contribution in [3.63, 3.8) is 0 Å². The SMILES string of the molecule is CC(CN1CCOCC1)NCc1ccc([Si](C)(C)C)cc1. The highest BCUT2D eigenvalue weighted by Gasteiger charge is 2.16. The molecule has 1 aromatic carbocycles. The number of ether oxygens (including phenoxy) is 1. The standard InChI is InChI=1S/C17H30N2OSi/c1-15(14-19-9-11-20-12-10-19)18-13-16-5-7-17(8-6-16)21(2,3)4/h5-8,15,18H,9-14H2,1-4H3. The van der Waals surface area contributed by atoms with Crippen molar-refractivity contribution in [3.8, 4) is 0 Å². The van der Waals surface area contributed by atoms with E-state index >= 15 is 0 Å². The summed E-state index contributed by atoms with van der Waals surface area (Å²) in [5.74, 6) is 0. The average molecular weight is 307 g/mol. The van der Waals surface area contributed by atoms with Crippen molar-refractivity contribution in [1.29, 1.82) is 0 Å². The molecule has 2 rings (SSSR count). The van der Waals surface area contributed by atoms with Gasteiger partial charge >= 0.3 is 0 Å². The zero-order valence-electron chi connectivity index (χ0n) is 14.0. The summed E-state index contributed by atoms with van der Waals surface area (Å²) in [6.45, 7) is 15.4. The van der Waals surface area contributed by atoms with Crippen molar-refractivity contribution in [2.75, 3.05) is 32.8 Å². The number of rotatable bonds is 6. The Bertz CT molecular complexity index is 421. The fraction of sp³-hybridized carbons (Fsp3) is 0.647. The van der Waals surface area contributed by atoms with Crippen LogP contribution in [0, 0.1) is 0 Å². The van der Waals surface area contributed by atoms with Crippen molar-refractivity contribution in [2.24, 2.45) is 0 Å². The largest absolute Gasteiger partial charge is 0.379 e. The molecule has 3 nitrogen and oxygen atoms in total. The highest BCUT2D eigenvalue weighted by molar-refractivity contribution is 6.88. The molecule has 1 unspecified atom stereocenters. The van der Waals surface area contributed by atoms with Crippen LogP contribution < -0.4 is 10.5 Å². The molecule has 0 saturated carbocycles. The van der Waals surface area contributed by atoms with E-state index in [1.807, 2.05) is 0 Å². The molecule has 1 aliphatic rings. The summed E-state index contributed by atoms with van der Waals surface area (Å²) >= 11 is 0. The van der Waals surface area contributed by atoms with Crippen LogP contribution in [-0.4, -0.2) is 51.9 Å². The topological polar surface area (TPSA) is 24.5 Å². The van der Waals surface area contributed by atoms with Crippen LogP contribution in [0.15, 0.2) is 24.3 Å². The lowest BCUT2D eigenvalue weighted by Crippen LogP contribution is -2.44. The van der Waals surface area contributed by atoms with E-state index < -0.39 is 8.07 Å². The van der Waals surface area contributed by atoms with Gasteiger partial charge in [0.25, 0.3) is 0 Å². The Hall–Kier alpha value is -0.683. The van der Waals surface area contributed by atoms with E-state index in [4.69, 9.17) is 4.74 Å². The fourth-order valence-electron chi connectivity index (χ4n) is 2.65. The van der Waals surface area contributed by atoms with Gasteiger partial charge in [0.1, 0.15) is 0 Å². The van der Waals surface area contributed by atoms with Gasteiger partial charge in [0.15, 0.2) is 0 Å². The van der Waals surface area contributed by atoms with Crippen molar-refractivity contribution in [2.45, 2.75) is 39.2 Å². The highest BCUT2D eigenvalue weighted by Crippen LogP contribution is 2.05. The van der Waals surface area contributed by atoms with Crippen LogP contribution in [0.4, 0.5) is 0 Å². The maximum Gasteiger partial charge on any atom is 0.0775 e. The minimum absolute atomic E-state index is 0.514. The number of morpholine rings is 1. The van der Waals surface area contributed by atoms with Crippen LogP contribution in [0.25, 0.3) is 0 Å². The Kier molecular flexibility index (Phi) is 5.99. The maximum atomic E-state index is 5.39. The number of benzene rings is 1. The molecule has 1 aromatic rings. The van der Waals surface area contributed by atoms with Gasteiger partial charge in [-0.25, -0.2) is 0 Å². The smallest absolute Gasteiger partial charge is 0.0775 e. The molecule has 21 heavy (non-hydrogen) atoms. The second-order valence-corrected chi connectivity index (χ2v) is 12.2. The zero-order chi connectivity index (χ0) is 15.3. The van der Waals surface area contributed by atoms with Crippen molar-refractivity contribution >= 4 is 13.3 Å². The normalized spacial score (nSPS) is 18.7. The Morgan fingerprint density at radius 2 is 1.76 bits per heavy atom. The number of nitrogens with zero attached hydrogens (tertiary/aromatic N) is 1. The minimum atomic E-state index is -1.17. The van der Waals surface area contributed by atoms with Gasteiger partial charge in [-0.2, -0.15) is 0 Å². The van der Waals surface area contributed by atoms with Gasteiger partial charge in [0, 0.05) is 32.2 Å². The third-order valence-electron chi connectivity index (χ3n) is 4.11. The summed E-state index contributed by atoms with van der Waals surface area (Å²) in [6, 6.07) is 9.70. The quantitative estimate of drug-likeness (QED) is 0.814. The summed E-state index contributed by atoms with van der Waals surface area (Å²) in [6.07, 6.45) is 0. The first-order chi connectivity index (χ1) is 9.95. The monoisotopic (exact) mass is 306 g/mol. The van der Waals surface area contributed by atoms with Crippen LogP contribution >= 0.6 is 0 Å². The molecule has 0 bridgehead atoms. The molecule has 1 fully saturated rings. The van der Waals surface area contributed by atoms with E-state index in [9.17, 15) is 0 Å². The van der Waals surface area contributed by atoms with Gasteiger partial charge < -0.3 is 10.1 Å². The minimum Gasteiger partial charge on any atom is -0.379 e. The number of hydrogen-bond acceptors (Lipinski definition) is 3. The first kappa shape index (κ1) is 16.7. The molecular formula is C17H30N2OSi. The summed E-state index contributed by atoms with van der Waals surface area (Å²) < 4.78 is 5.39. The van der Waals surface area contributed by atoms with E-state index in [-0.39, 0.29) is 0 Å². The number of hydrogen-bond donors (Lipinski definition) is 1. The zero-order valence-corrected chi connectivity index (χ0v) is 15.0. The molecule has 0 radical (unpaired) electrons. The molecule has 0 aromatic heterocycles. The van der Waals surface area contributed by atoms with Gasteiger partial charge in [0.2, 0.25) is 0 Å². The molecule has 4 heteroatoms. The molecule has 1 atom stereocenters. The van der Waals surface area contributed by atoms with E-state index in [1.54, 1.807) is 0 Å². The predicted octanol–water partition coefficient (Wildman–Crippen LogP) is 2.04. The van der Waals surface area contributed by atoms with Crippen molar-refractivity contribution in [1.82, 2.24) is 10.2 Å². The Balaban J connectivity index is 1.76. The summed E-state index contributed by atoms with van der Waals surface area (Å²) in [7, 11) is -1.17. The van der Waals surface area contributed by atoms with Gasteiger partial charge in [-0.05, 0) is 12.5 Å². The van der Waals surface area contributed by atoms with Crippen LogP contribution in [0.5, 0.6) is 0 Å². The fourth-order valence-corrected chi connectivity index (χ4v) is 3.82. The van der Waals surface area contributed by atoms with Gasteiger partial charge in [-0.1, -0.05) is 49.1 Å². The summed E-state index contributed by atoms with van der Waals surface area (Å²) in [5, 5.41) is 5.17. The third kappa shape index (κ3) is 5.55. The molecule has 1 N–H and O–H groups in total. The van der Waals surface area contributed by atoms with Crippen LogP contribution in [0.2, 0.25) is 19.6 Å². The van der Waals surface area contributed by atoms with E-state index in [0.717, 1.165) is 39.4 Å². The molecule has 1 aliphatic heterocycles. The van der Waals surface area contributed by atoms with Crippen LogP contribution in [-0.2, 0) is 11.3 Å². The second kappa shape index (κ2) is 7.54. The number of nitrogens with one attached hydrogen (secondary N) is 1. The first-order valence-electron chi connectivity index (χ1n) is 8.08. The Labute approximate surface area is 130 Å². The summed E-state index contributed by atoms with van der Waals surface area (Å²) in [4.78, 5) is 2.48. The third-order valence-corrected chi connectivity index (χ3v) is 6.18. The lowest BCUT2D eigenvalue weighted by molar-refractivity contribution is 0.0343. The Morgan fingerprint density at radius 1 is 1.14 bits per heavy atom. The van der Waals surface area contributed by atoms with Crippen molar-refractivity contribution in [3.05, 3.63) is 29.8 Å². The lowest BCUT2D eigenvalue weighted by Gasteiger charge is -2.29.